The summed E-state index contributed by atoms with van der Waals surface area (Å²) in [6, 6.07) is 11.7. The minimum atomic E-state index is -0.632. The maximum Gasteiger partial charge on any atom is 0.362 e. The largest absolute Gasteiger partial charge is 0.486 e. The fourth-order valence-electron chi connectivity index (χ4n) is 3.02. The van der Waals surface area contributed by atoms with Gasteiger partial charge in [0.1, 0.15) is 18.8 Å². The van der Waals surface area contributed by atoms with Crippen LogP contribution in [-0.2, 0) is 0 Å². The highest BCUT2D eigenvalue weighted by atomic mass is 16.6. The number of benzene rings is 2. The minimum Gasteiger partial charge on any atom is -0.486 e. The Kier molecular flexibility index (Phi) is 4.76. The molecule has 0 bridgehead atoms. The summed E-state index contributed by atoms with van der Waals surface area (Å²) in [4.78, 5) is 24.9. The van der Waals surface area contributed by atoms with Gasteiger partial charge in [0, 0.05) is 23.7 Å². The molecule has 1 aromatic heterocycles. The van der Waals surface area contributed by atoms with Gasteiger partial charge in [0.2, 0.25) is 0 Å². The predicted molar refractivity (Wildman–Crippen MR) is 107 cm³/mol. The van der Waals surface area contributed by atoms with E-state index in [1.807, 2.05) is 19.1 Å². The molecule has 0 radical (unpaired) electrons. The number of urea groups is 1. The zero-order chi connectivity index (χ0) is 19.5. The van der Waals surface area contributed by atoms with Crippen LogP contribution in [0.5, 0.6) is 11.5 Å². The summed E-state index contributed by atoms with van der Waals surface area (Å²) in [5, 5.41) is 9.12. The fraction of sp³-hybridized carbons (Fsp3) is 0.200. The van der Waals surface area contributed by atoms with Crippen LogP contribution in [0.15, 0.2) is 51.7 Å². The molecular formula is C20H19N3O5. The van der Waals surface area contributed by atoms with Crippen molar-refractivity contribution in [2.24, 2.45) is 0 Å². The summed E-state index contributed by atoms with van der Waals surface area (Å²) < 4.78 is 16.3. The number of nitrogens with one attached hydrogen (secondary N) is 3. The third-order valence-corrected chi connectivity index (χ3v) is 4.21. The number of rotatable bonds is 4. The standard InChI is InChI=1S/C20H19N3O5/c1-2-21-17-13-5-3-4-6-14(13)28-19(24)18(17)23-20(25)22-12-7-8-15-16(11-12)27-10-9-26-15/h3-8,11,21H,2,9-10H2,1H3,(H2,22,23,25). The smallest absolute Gasteiger partial charge is 0.362 e. The zero-order valence-corrected chi connectivity index (χ0v) is 15.2. The monoisotopic (exact) mass is 381 g/mol. The lowest BCUT2D eigenvalue weighted by Gasteiger charge is -2.19. The van der Waals surface area contributed by atoms with Crippen molar-refractivity contribution in [2.45, 2.75) is 6.92 Å². The third-order valence-electron chi connectivity index (χ3n) is 4.21. The van der Waals surface area contributed by atoms with Gasteiger partial charge in [-0.25, -0.2) is 9.59 Å². The van der Waals surface area contributed by atoms with Gasteiger partial charge >= 0.3 is 11.7 Å². The van der Waals surface area contributed by atoms with Gasteiger partial charge in [-0.15, -0.1) is 0 Å². The number of para-hydroxylation sites is 1. The van der Waals surface area contributed by atoms with E-state index in [0.29, 0.717) is 53.6 Å². The van der Waals surface area contributed by atoms with Gasteiger partial charge < -0.3 is 24.5 Å². The van der Waals surface area contributed by atoms with Crippen molar-refractivity contribution in [3.8, 4) is 11.5 Å². The van der Waals surface area contributed by atoms with E-state index in [0.717, 1.165) is 0 Å². The number of anilines is 3. The molecular weight excluding hydrogens is 362 g/mol. The van der Waals surface area contributed by atoms with Gasteiger partial charge in [0.15, 0.2) is 17.2 Å². The Balaban J connectivity index is 1.61. The summed E-state index contributed by atoms with van der Waals surface area (Å²) in [5.41, 5.74) is 0.896. The lowest BCUT2D eigenvalue weighted by molar-refractivity contribution is 0.171. The molecule has 28 heavy (non-hydrogen) atoms. The van der Waals surface area contributed by atoms with Crippen LogP contribution in [0.1, 0.15) is 6.92 Å². The number of carbonyl (C=O) groups is 1. The molecule has 8 heteroatoms. The summed E-state index contributed by atoms with van der Waals surface area (Å²) in [7, 11) is 0. The van der Waals surface area contributed by atoms with Gasteiger partial charge in [0.25, 0.3) is 0 Å². The van der Waals surface area contributed by atoms with Crippen LogP contribution in [0.4, 0.5) is 21.9 Å². The molecule has 2 amide bonds. The number of hydrogen-bond donors (Lipinski definition) is 3. The molecule has 0 unspecified atom stereocenters. The Bertz CT molecular complexity index is 1090. The molecule has 0 spiro atoms. The van der Waals surface area contributed by atoms with E-state index in [2.05, 4.69) is 16.0 Å². The average Bonchev–Trinajstić information content (AvgIpc) is 2.70. The van der Waals surface area contributed by atoms with Gasteiger partial charge in [0.05, 0.1) is 5.69 Å². The molecule has 1 aliphatic rings. The fourth-order valence-corrected chi connectivity index (χ4v) is 3.02. The van der Waals surface area contributed by atoms with Crippen molar-refractivity contribution in [1.29, 1.82) is 0 Å². The van der Waals surface area contributed by atoms with Crippen LogP contribution in [0.2, 0.25) is 0 Å². The first-order valence-electron chi connectivity index (χ1n) is 8.93. The second-order valence-corrected chi connectivity index (χ2v) is 6.10. The molecule has 0 atom stereocenters. The van der Waals surface area contributed by atoms with Crippen molar-refractivity contribution in [3.63, 3.8) is 0 Å². The maximum absolute atomic E-state index is 12.5. The highest BCUT2D eigenvalue weighted by Gasteiger charge is 2.17. The second kappa shape index (κ2) is 7.51. The van der Waals surface area contributed by atoms with Crippen molar-refractivity contribution < 1.29 is 18.7 Å². The Morgan fingerprint density at radius 3 is 2.61 bits per heavy atom. The quantitative estimate of drug-likeness (QED) is 0.597. The van der Waals surface area contributed by atoms with E-state index in [1.165, 1.54) is 0 Å². The van der Waals surface area contributed by atoms with Gasteiger partial charge in [-0.2, -0.15) is 0 Å². The lowest BCUT2D eigenvalue weighted by Crippen LogP contribution is -2.24. The summed E-state index contributed by atoms with van der Waals surface area (Å²) in [6.07, 6.45) is 0. The van der Waals surface area contributed by atoms with Gasteiger partial charge in [-0.05, 0) is 31.2 Å². The second-order valence-electron chi connectivity index (χ2n) is 6.10. The van der Waals surface area contributed by atoms with E-state index in [9.17, 15) is 9.59 Å². The van der Waals surface area contributed by atoms with Crippen LogP contribution in [-0.4, -0.2) is 25.8 Å². The minimum absolute atomic E-state index is 0.0515. The van der Waals surface area contributed by atoms with Crippen molar-refractivity contribution >= 4 is 34.1 Å². The highest BCUT2D eigenvalue weighted by molar-refractivity contribution is 6.05. The number of ether oxygens (including phenoxy) is 2. The molecule has 0 fully saturated rings. The first-order chi connectivity index (χ1) is 13.7. The number of hydrogen-bond acceptors (Lipinski definition) is 6. The van der Waals surface area contributed by atoms with E-state index in [-0.39, 0.29) is 5.69 Å². The van der Waals surface area contributed by atoms with Crippen LogP contribution in [0, 0.1) is 0 Å². The molecule has 3 aromatic rings. The molecule has 2 heterocycles. The van der Waals surface area contributed by atoms with Crippen LogP contribution in [0.25, 0.3) is 11.0 Å². The van der Waals surface area contributed by atoms with E-state index >= 15 is 0 Å². The van der Waals surface area contributed by atoms with Crippen molar-refractivity contribution in [2.75, 3.05) is 35.7 Å². The molecule has 4 rings (SSSR count). The molecule has 0 saturated heterocycles. The Morgan fingerprint density at radius 1 is 1.00 bits per heavy atom. The first-order valence-corrected chi connectivity index (χ1v) is 8.93. The van der Waals surface area contributed by atoms with E-state index in [4.69, 9.17) is 13.9 Å². The zero-order valence-electron chi connectivity index (χ0n) is 15.2. The first kappa shape index (κ1) is 17.7. The molecule has 8 nitrogen and oxygen atoms in total. The number of fused-ring (bicyclic) bond motifs is 2. The van der Waals surface area contributed by atoms with E-state index in [1.54, 1.807) is 30.3 Å². The molecule has 3 N–H and O–H groups in total. The predicted octanol–water partition coefficient (Wildman–Crippen LogP) is 3.64. The molecule has 1 aliphatic heterocycles. The Hall–Kier alpha value is -3.68. The van der Waals surface area contributed by atoms with Crippen molar-refractivity contribution in [3.05, 3.63) is 52.9 Å². The molecule has 0 saturated carbocycles. The third kappa shape index (κ3) is 3.44. The SMILES string of the molecule is CCNc1c(NC(=O)Nc2ccc3c(c2)OCCO3)c(=O)oc2ccccc12. The maximum atomic E-state index is 12.5. The van der Waals surface area contributed by atoms with Gasteiger partial charge in [-0.3, -0.25) is 5.32 Å². The molecule has 2 aromatic carbocycles. The van der Waals surface area contributed by atoms with Crippen LogP contribution < -0.4 is 31.0 Å². The summed E-state index contributed by atoms with van der Waals surface area (Å²) >= 11 is 0. The number of amides is 2. The average molecular weight is 381 g/mol. The normalized spacial score (nSPS) is 12.5. The number of carbonyl (C=O) groups excluding carboxylic acids is 1. The summed E-state index contributed by atoms with van der Waals surface area (Å²) in [5.74, 6) is 1.18. The Labute approximate surface area is 160 Å². The van der Waals surface area contributed by atoms with Crippen molar-refractivity contribution in [1.82, 2.24) is 0 Å². The van der Waals surface area contributed by atoms with Crippen LogP contribution in [0.3, 0.4) is 0 Å². The molecule has 0 aliphatic carbocycles. The topological polar surface area (TPSA) is 102 Å². The van der Waals surface area contributed by atoms with E-state index < -0.39 is 11.7 Å². The van der Waals surface area contributed by atoms with Gasteiger partial charge in [-0.1, -0.05) is 12.1 Å². The highest BCUT2D eigenvalue weighted by Crippen LogP contribution is 2.33. The van der Waals surface area contributed by atoms with Crippen LogP contribution >= 0.6 is 0 Å². The molecule has 144 valence electrons. The summed E-state index contributed by atoms with van der Waals surface area (Å²) in [6.45, 7) is 3.42. The lowest BCUT2D eigenvalue weighted by atomic mass is 10.2. The Morgan fingerprint density at radius 2 is 1.79 bits per heavy atom.